The summed E-state index contributed by atoms with van der Waals surface area (Å²) in [7, 11) is 0. The molecule has 0 aliphatic carbocycles. The van der Waals surface area contributed by atoms with E-state index in [-0.39, 0.29) is 0 Å². The van der Waals surface area contributed by atoms with Crippen LogP contribution in [0.2, 0.25) is 0 Å². The van der Waals surface area contributed by atoms with Crippen molar-refractivity contribution in [3.05, 3.63) is 41.5 Å². The van der Waals surface area contributed by atoms with E-state index in [2.05, 4.69) is 25.1 Å². The number of rotatable bonds is 5. The van der Waals surface area contributed by atoms with Gasteiger partial charge < -0.3 is 0 Å². The van der Waals surface area contributed by atoms with Gasteiger partial charge in [0.1, 0.15) is 0 Å². The normalized spacial score (nSPS) is 10.4. The lowest BCUT2D eigenvalue weighted by Gasteiger charge is -1.94. The average molecular weight is 199 g/mol. The predicted octanol–water partition coefficient (Wildman–Crippen LogP) is 4.15. The van der Waals surface area contributed by atoms with Gasteiger partial charge in [0.05, 0.1) is 11.6 Å². The summed E-state index contributed by atoms with van der Waals surface area (Å²) in [6, 6.07) is 9.78. The maximum atomic E-state index is 8.63. The fourth-order valence-corrected chi connectivity index (χ4v) is 1.40. The van der Waals surface area contributed by atoms with Gasteiger partial charge in [-0.2, -0.15) is 5.26 Å². The van der Waals surface area contributed by atoms with Crippen molar-refractivity contribution in [1.82, 2.24) is 0 Å². The van der Waals surface area contributed by atoms with Gasteiger partial charge in [0.15, 0.2) is 0 Å². The molecule has 1 heteroatoms. The average Bonchev–Trinajstić information content (AvgIpc) is 2.30. The summed E-state index contributed by atoms with van der Waals surface area (Å²) in [5.74, 6) is 0. The first kappa shape index (κ1) is 11.5. The molecule has 0 bridgehead atoms. The number of nitrogens with zero attached hydrogens (tertiary/aromatic N) is 1. The molecular formula is C14H17N. The van der Waals surface area contributed by atoms with Gasteiger partial charge in [-0.25, -0.2) is 0 Å². The number of allylic oxidation sites excluding steroid dienone is 1. The number of nitriles is 1. The molecule has 1 rings (SSSR count). The molecule has 0 aromatic heterocycles. The molecule has 0 aliphatic rings. The summed E-state index contributed by atoms with van der Waals surface area (Å²) < 4.78 is 0. The molecule has 0 fully saturated rings. The van der Waals surface area contributed by atoms with Crippen molar-refractivity contribution < 1.29 is 0 Å². The van der Waals surface area contributed by atoms with E-state index in [1.165, 1.54) is 24.8 Å². The molecule has 0 amide bonds. The molecule has 15 heavy (non-hydrogen) atoms. The minimum Gasteiger partial charge on any atom is -0.192 e. The highest BCUT2D eigenvalue weighted by atomic mass is 14.2. The summed E-state index contributed by atoms with van der Waals surface area (Å²) >= 11 is 0. The minimum absolute atomic E-state index is 0.720. The second kappa shape index (κ2) is 6.84. The van der Waals surface area contributed by atoms with Gasteiger partial charge in [0.2, 0.25) is 0 Å². The lowest BCUT2D eigenvalue weighted by molar-refractivity contribution is 0.730. The van der Waals surface area contributed by atoms with Crippen LogP contribution in [0.25, 0.3) is 6.08 Å². The van der Waals surface area contributed by atoms with E-state index in [0.717, 1.165) is 12.0 Å². The third-order valence-corrected chi connectivity index (χ3v) is 2.32. The Bertz CT molecular complexity index is 341. The highest BCUT2D eigenvalue weighted by molar-refractivity contribution is 5.50. The van der Waals surface area contributed by atoms with E-state index in [9.17, 15) is 0 Å². The molecule has 0 atom stereocenters. The number of hydrogen-bond donors (Lipinski definition) is 0. The smallest absolute Gasteiger partial charge is 0.0991 e. The Hall–Kier alpha value is -1.55. The van der Waals surface area contributed by atoms with Gasteiger partial charge in [-0.3, -0.25) is 0 Å². The Morgan fingerprint density at radius 1 is 1.20 bits per heavy atom. The first-order chi connectivity index (χ1) is 7.36. The van der Waals surface area contributed by atoms with Crippen molar-refractivity contribution in [2.24, 2.45) is 0 Å². The van der Waals surface area contributed by atoms with Crippen molar-refractivity contribution in [2.45, 2.75) is 32.6 Å². The first-order valence-corrected chi connectivity index (χ1v) is 5.53. The zero-order chi connectivity index (χ0) is 10.9. The molecule has 0 radical (unpaired) electrons. The molecule has 0 spiro atoms. The number of benzene rings is 1. The fourth-order valence-electron chi connectivity index (χ4n) is 1.40. The van der Waals surface area contributed by atoms with E-state index in [1.807, 2.05) is 24.3 Å². The number of unbranched alkanes of at least 4 members (excludes halogenated alkanes) is 3. The molecule has 1 aromatic carbocycles. The Labute approximate surface area is 92.1 Å². The van der Waals surface area contributed by atoms with Crippen LogP contribution in [0.5, 0.6) is 0 Å². The lowest BCUT2D eigenvalue weighted by Crippen LogP contribution is -1.75. The molecule has 0 N–H and O–H groups in total. The topological polar surface area (TPSA) is 23.8 Å². The van der Waals surface area contributed by atoms with Crippen molar-refractivity contribution in [1.29, 1.82) is 5.26 Å². The van der Waals surface area contributed by atoms with Gasteiger partial charge in [-0.05, 0) is 30.5 Å². The van der Waals surface area contributed by atoms with Crippen LogP contribution < -0.4 is 0 Å². The van der Waals surface area contributed by atoms with Gasteiger partial charge >= 0.3 is 0 Å². The van der Waals surface area contributed by atoms with E-state index < -0.39 is 0 Å². The second-order valence-corrected chi connectivity index (χ2v) is 3.63. The Morgan fingerprint density at radius 2 is 1.93 bits per heavy atom. The molecule has 0 saturated carbocycles. The largest absolute Gasteiger partial charge is 0.192 e. The van der Waals surface area contributed by atoms with Crippen LogP contribution in [0.4, 0.5) is 0 Å². The Balaban J connectivity index is 2.40. The van der Waals surface area contributed by atoms with Gasteiger partial charge in [-0.15, -0.1) is 0 Å². The maximum Gasteiger partial charge on any atom is 0.0991 e. The molecular weight excluding hydrogens is 182 g/mol. The van der Waals surface area contributed by atoms with Crippen LogP contribution in [0.1, 0.15) is 43.7 Å². The Morgan fingerprint density at radius 3 is 2.53 bits per heavy atom. The minimum atomic E-state index is 0.720. The molecule has 0 heterocycles. The van der Waals surface area contributed by atoms with Crippen LogP contribution in [0.15, 0.2) is 30.3 Å². The molecule has 0 saturated heterocycles. The van der Waals surface area contributed by atoms with Crippen LogP contribution in [0, 0.1) is 11.3 Å². The van der Waals surface area contributed by atoms with E-state index in [0.29, 0.717) is 0 Å². The summed E-state index contributed by atoms with van der Waals surface area (Å²) in [4.78, 5) is 0. The SMILES string of the molecule is CCCCC/C=C/c1ccc(C#N)cc1. The van der Waals surface area contributed by atoms with Crippen molar-refractivity contribution >= 4 is 6.08 Å². The highest BCUT2D eigenvalue weighted by Crippen LogP contribution is 2.07. The van der Waals surface area contributed by atoms with Crippen LogP contribution >= 0.6 is 0 Å². The summed E-state index contributed by atoms with van der Waals surface area (Å²) in [6.45, 7) is 2.21. The summed E-state index contributed by atoms with van der Waals surface area (Å²) in [6.07, 6.45) is 9.31. The highest BCUT2D eigenvalue weighted by Gasteiger charge is 1.89. The van der Waals surface area contributed by atoms with Gasteiger partial charge in [0, 0.05) is 0 Å². The van der Waals surface area contributed by atoms with Crippen molar-refractivity contribution in [3.63, 3.8) is 0 Å². The van der Waals surface area contributed by atoms with Gasteiger partial charge in [0.25, 0.3) is 0 Å². The molecule has 78 valence electrons. The van der Waals surface area contributed by atoms with E-state index in [4.69, 9.17) is 5.26 Å². The van der Waals surface area contributed by atoms with Crippen LogP contribution in [-0.4, -0.2) is 0 Å². The standard InChI is InChI=1S/C14H17N/c1-2-3-4-5-6-7-13-8-10-14(12-15)11-9-13/h6-11H,2-5H2,1H3/b7-6+. The third kappa shape index (κ3) is 4.46. The quantitative estimate of drug-likeness (QED) is 0.653. The van der Waals surface area contributed by atoms with Crippen molar-refractivity contribution in [2.75, 3.05) is 0 Å². The van der Waals surface area contributed by atoms with Crippen molar-refractivity contribution in [3.8, 4) is 6.07 Å². The maximum absolute atomic E-state index is 8.63. The zero-order valence-corrected chi connectivity index (χ0v) is 9.24. The monoisotopic (exact) mass is 199 g/mol. The fraction of sp³-hybridized carbons (Fsp3) is 0.357. The lowest BCUT2D eigenvalue weighted by atomic mass is 10.1. The molecule has 1 nitrogen and oxygen atoms in total. The second-order valence-electron chi connectivity index (χ2n) is 3.63. The summed E-state index contributed by atoms with van der Waals surface area (Å²) in [5, 5.41) is 8.63. The molecule has 0 unspecified atom stereocenters. The molecule has 1 aromatic rings. The van der Waals surface area contributed by atoms with Gasteiger partial charge in [-0.1, -0.05) is 44.1 Å². The summed E-state index contributed by atoms with van der Waals surface area (Å²) in [5.41, 5.74) is 1.89. The third-order valence-electron chi connectivity index (χ3n) is 2.32. The first-order valence-electron chi connectivity index (χ1n) is 5.53. The molecule has 0 aliphatic heterocycles. The number of hydrogen-bond acceptors (Lipinski definition) is 1. The van der Waals surface area contributed by atoms with Crippen LogP contribution in [0.3, 0.4) is 0 Å². The predicted molar refractivity (Wildman–Crippen MR) is 64.3 cm³/mol. The Kier molecular flexibility index (Phi) is 5.25. The van der Waals surface area contributed by atoms with Crippen LogP contribution in [-0.2, 0) is 0 Å². The van der Waals surface area contributed by atoms with E-state index in [1.54, 1.807) is 0 Å². The zero-order valence-electron chi connectivity index (χ0n) is 9.24. The van der Waals surface area contributed by atoms with E-state index >= 15 is 0 Å².